The van der Waals surface area contributed by atoms with Crippen molar-refractivity contribution >= 4 is 27.3 Å². The van der Waals surface area contributed by atoms with Gasteiger partial charge < -0.3 is 5.32 Å². The number of halogens is 1. The highest BCUT2D eigenvalue weighted by Gasteiger charge is 2.49. The minimum absolute atomic E-state index is 0.468. The van der Waals surface area contributed by atoms with Crippen LogP contribution < -0.4 is 5.32 Å². The molecule has 2 atom stereocenters. The molecule has 102 valence electrons. The number of aromatic nitrogens is 3. The smallest absolute Gasteiger partial charge is 0.153 e. The molecule has 0 aliphatic heterocycles. The van der Waals surface area contributed by atoms with Crippen LogP contribution in [0, 0.1) is 11.3 Å². The van der Waals surface area contributed by atoms with E-state index >= 15 is 0 Å². The minimum Gasteiger partial charge on any atom is -0.365 e. The van der Waals surface area contributed by atoms with Crippen LogP contribution in [0.3, 0.4) is 0 Å². The normalized spacial score (nSPS) is 22.4. The quantitative estimate of drug-likeness (QED) is 0.932. The predicted molar refractivity (Wildman–Crippen MR) is 80.3 cm³/mol. The molecule has 1 N–H and O–H groups in total. The number of hydrogen-bond donors (Lipinski definition) is 1. The van der Waals surface area contributed by atoms with Gasteiger partial charge in [0.2, 0.25) is 0 Å². The molecule has 1 aliphatic carbocycles. The van der Waals surface area contributed by atoms with E-state index in [-0.39, 0.29) is 0 Å². The summed E-state index contributed by atoms with van der Waals surface area (Å²) in [6.45, 7) is 6.91. The summed E-state index contributed by atoms with van der Waals surface area (Å²) in [7, 11) is 0. The van der Waals surface area contributed by atoms with Crippen molar-refractivity contribution in [3.63, 3.8) is 0 Å². The van der Waals surface area contributed by atoms with Gasteiger partial charge in [0.05, 0.1) is 10.7 Å². The number of hydrogen-bond acceptors (Lipinski definition) is 3. The Morgan fingerprint density at radius 1 is 1.58 bits per heavy atom. The lowest BCUT2D eigenvalue weighted by atomic mass is 10.0. The van der Waals surface area contributed by atoms with Crippen LogP contribution in [0.1, 0.15) is 33.6 Å². The molecule has 0 saturated heterocycles. The van der Waals surface area contributed by atoms with E-state index in [1.54, 1.807) is 6.20 Å². The van der Waals surface area contributed by atoms with Gasteiger partial charge in [0.15, 0.2) is 5.82 Å². The molecular weight excluding hydrogens is 304 g/mol. The first kappa shape index (κ1) is 12.9. The average molecular weight is 323 g/mol. The fourth-order valence-corrected chi connectivity index (χ4v) is 3.33. The summed E-state index contributed by atoms with van der Waals surface area (Å²) in [6, 6.07) is 0.482. The number of rotatable bonds is 4. The number of nitrogens with one attached hydrogen (secondary N) is 1. The summed E-state index contributed by atoms with van der Waals surface area (Å²) < 4.78 is 2.83. The molecule has 2 aromatic rings. The van der Waals surface area contributed by atoms with Crippen LogP contribution in [0.2, 0.25) is 0 Å². The van der Waals surface area contributed by atoms with Crippen molar-refractivity contribution < 1.29 is 0 Å². The maximum atomic E-state index is 4.48. The molecule has 0 bridgehead atoms. The molecule has 0 radical (unpaired) electrons. The molecule has 19 heavy (non-hydrogen) atoms. The zero-order chi connectivity index (χ0) is 13.6. The van der Waals surface area contributed by atoms with Crippen molar-refractivity contribution in [2.24, 2.45) is 11.3 Å². The molecule has 2 heterocycles. The monoisotopic (exact) mass is 322 g/mol. The summed E-state index contributed by atoms with van der Waals surface area (Å²) >= 11 is 3.54. The van der Waals surface area contributed by atoms with Crippen molar-refractivity contribution in [1.29, 1.82) is 0 Å². The third kappa shape index (κ3) is 2.24. The van der Waals surface area contributed by atoms with Crippen LogP contribution in [-0.4, -0.2) is 20.6 Å². The van der Waals surface area contributed by atoms with Gasteiger partial charge in [0.25, 0.3) is 0 Å². The van der Waals surface area contributed by atoms with E-state index < -0.39 is 0 Å². The molecule has 1 aliphatic rings. The third-order valence-electron chi connectivity index (χ3n) is 4.22. The van der Waals surface area contributed by atoms with Crippen molar-refractivity contribution in [1.82, 2.24) is 14.6 Å². The Balaban J connectivity index is 1.90. The van der Waals surface area contributed by atoms with Crippen LogP contribution in [0.25, 0.3) is 5.52 Å². The molecule has 2 unspecified atom stereocenters. The minimum atomic E-state index is 0.468. The van der Waals surface area contributed by atoms with Gasteiger partial charge >= 0.3 is 0 Å². The maximum Gasteiger partial charge on any atom is 0.153 e. The Morgan fingerprint density at radius 3 is 2.95 bits per heavy atom. The van der Waals surface area contributed by atoms with Crippen LogP contribution in [0.5, 0.6) is 0 Å². The summed E-state index contributed by atoms with van der Waals surface area (Å²) in [5, 5.41) is 7.91. The third-order valence-corrected chi connectivity index (χ3v) is 4.80. The highest BCUT2D eigenvalue weighted by Crippen LogP contribution is 2.54. The second kappa shape index (κ2) is 4.47. The van der Waals surface area contributed by atoms with E-state index in [1.807, 2.05) is 16.9 Å². The fraction of sp³-hybridized carbons (Fsp3) is 0.571. The zero-order valence-corrected chi connectivity index (χ0v) is 13.1. The van der Waals surface area contributed by atoms with Crippen molar-refractivity contribution in [2.45, 2.75) is 39.7 Å². The molecule has 4 nitrogen and oxygen atoms in total. The van der Waals surface area contributed by atoms with Crippen LogP contribution in [0.4, 0.5) is 5.82 Å². The van der Waals surface area contributed by atoms with E-state index in [4.69, 9.17) is 0 Å². The van der Waals surface area contributed by atoms with Gasteiger partial charge in [-0.3, -0.25) is 0 Å². The highest BCUT2D eigenvalue weighted by atomic mass is 79.9. The van der Waals surface area contributed by atoms with E-state index in [9.17, 15) is 0 Å². The van der Waals surface area contributed by atoms with Gasteiger partial charge in [-0.05, 0) is 40.1 Å². The molecule has 0 amide bonds. The first-order chi connectivity index (χ1) is 9.03. The predicted octanol–water partition coefficient (Wildman–Crippen LogP) is 3.73. The average Bonchev–Trinajstić information content (AvgIpc) is 2.83. The largest absolute Gasteiger partial charge is 0.365 e. The lowest BCUT2D eigenvalue weighted by Crippen LogP contribution is -2.24. The lowest BCUT2D eigenvalue weighted by molar-refractivity contribution is 0.490. The molecule has 0 spiro atoms. The maximum absolute atomic E-state index is 4.48. The summed E-state index contributed by atoms with van der Waals surface area (Å²) in [5.41, 5.74) is 1.48. The molecule has 2 aromatic heterocycles. The second-order valence-corrected chi connectivity index (χ2v) is 6.87. The number of nitrogens with zero attached hydrogens (tertiary/aromatic N) is 3. The second-order valence-electron chi connectivity index (χ2n) is 6.02. The topological polar surface area (TPSA) is 42.2 Å². The Bertz CT molecular complexity index is 605. The number of fused-ring (bicyclic) bond motifs is 1. The van der Waals surface area contributed by atoms with Crippen LogP contribution in [0.15, 0.2) is 23.1 Å². The molecule has 1 saturated carbocycles. The fourth-order valence-electron chi connectivity index (χ4n) is 2.87. The SMILES string of the molecule is CCC(Nc1nccn2ncc(Br)c12)C1CC1(C)C. The van der Waals surface area contributed by atoms with Gasteiger partial charge in [-0.25, -0.2) is 9.50 Å². The standard InChI is InChI=1S/C14H19BrN4/c1-4-11(9-7-14(9,2)3)18-13-12-10(15)8-17-19(12)6-5-16-13/h5-6,8-9,11H,4,7H2,1-3H3,(H,16,18). The lowest BCUT2D eigenvalue weighted by Gasteiger charge is -2.19. The first-order valence-electron chi connectivity index (χ1n) is 6.77. The molecular formula is C14H19BrN4. The van der Waals surface area contributed by atoms with E-state index in [1.165, 1.54) is 6.42 Å². The number of anilines is 1. The van der Waals surface area contributed by atoms with Crippen molar-refractivity contribution in [3.05, 3.63) is 23.1 Å². The molecule has 1 fully saturated rings. The Hall–Kier alpha value is -1.10. The van der Waals surface area contributed by atoms with Gasteiger partial charge in [-0.2, -0.15) is 5.10 Å². The van der Waals surface area contributed by atoms with Crippen molar-refractivity contribution in [3.8, 4) is 0 Å². The summed E-state index contributed by atoms with van der Waals surface area (Å²) in [5.74, 6) is 1.66. The van der Waals surface area contributed by atoms with E-state index in [0.717, 1.165) is 28.1 Å². The van der Waals surface area contributed by atoms with E-state index in [0.29, 0.717) is 11.5 Å². The zero-order valence-electron chi connectivity index (χ0n) is 11.5. The first-order valence-corrected chi connectivity index (χ1v) is 7.56. The van der Waals surface area contributed by atoms with Crippen molar-refractivity contribution in [2.75, 3.05) is 5.32 Å². The summed E-state index contributed by atoms with van der Waals surface area (Å²) in [4.78, 5) is 4.48. The Morgan fingerprint density at radius 2 is 2.32 bits per heavy atom. The van der Waals surface area contributed by atoms with Gasteiger partial charge in [0.1, 0.15) is 5.52 Å². The highest BCUT2D eigenvalue weighted by molar-refractivity contribution is 9.10. The molecule has 0 aromatic carbocycles. The van der Waals surface area contributed by atoms with Crippen LogP contribution >= 0.6 is 15.9 Å². The van der Waals surface area contributed by atoms with Crippen LogP contribution in [-0.2, 0) is 0 Å². The van der Waals surface area contributed by atoms with Gasteiger partial charge in [0, 0.05) is 18.4 Å². The summed E-state index contributed by atoms with van der Waals surface area (Å²) in [6.07, 6.45) is 7.88. The Labute approximate surface area is 121 Å². The van der Waals surface area contributed by atoms with Gasteiger partial charge in [-0.1, -0.05) is 20.8 Å². The Kier molecular flexibility index (Phi) is 3.04. The van der Waals surface area contributed by atoms with Gasteiger partial charge in [-0.15, -0.1) is 0 Å². The van der Waals surface area contributed by atoms with E-state index in [2.05, 4.69) is 52.1 Å². The molecule has 3 rings (SSSR count). The molecule has 5 heteroatoms.